The molecule has 1 aromatic heterocycles. The molecule has 0 bridgehead atoms. The summed E-state index contributed by atoms with van der Waals surface area (Å²) in [5.41, 5.74) is 5.37. The van der Waals surface area contributed by atoms with Crippen LogP contribution in [0.1, 0.15) is 28.9 Å². The Morgan fingerprint density at radius 3 is 2.28 bits per heavy atom. The number of carbonyl (C=O) groups is 1. The summed E-state index contributed by atoms with van der Waals surface area (Å²) in [5.74, 6) is -0.100. The smallest absolute Gasteiger partial charge is 0.251 e. The summed E-state index contributed by atoms with van der Waals surface area (Å²) in [6, 6.07) is 26.9. The van der Waals surface area contributed by atoms with Crippen molar-refractivity contribution in [2.45, 2.75) is 13.0 Å². The van der Waals surface area contributed by atoms with E-state index in [4.69, 9.17) is 11.6 Å². The zero-order valence-corrected chi connectivity index (χ0v) is 16.6. The van der Waals surface area contributed by atoms with Gasteiger partial charge >= 0.3 is 0 Å². The Morgan fingerprint density at radius 2 is 1.59 bits per heavy atom. The van der Waals surface area contributed by atoms with Crippen LogP contribution in [0.2, 0.25) is 5.02 Å². The van der Waals surface area contributed by atoms with E-state index in [0.29, 0.717) is 10.6 Å². The molecule has 0 unspecified atom stereocenters. The highest BCUT2D eigenvalue weighted by Gasteiger charge is 2.12. The fraction of sp³-hybridized carbons (Fsp3) is 0.0833. The highest BCUT2D eigenvalue weighted by molar-refractivity contribution is 6.30. The van der Waals surface area contributed by atoms with Gasteiger partial charge in [0.15, 0.2) is 0 Å². The summed E-state index contributed by atoms with van der Waals surface area (Å²) in [4.78, 5) is 12.5. The monoisotopic (exact) mass is 401 g/mol. The quantitative estimate of drug-likeness (QED) is 0.438. The lowest BCUT2D eigenvalue weighted by Crippen LogP contribution is -2.26. The number of aromatic amines is 1. The van der Waals surface area contributed by atoms with E-state index in [1.807, 2.05) is 91.9 Å². The number of benzene rings is 3. The van der Waals surface area contributed by atoms with Gasteiger partial charge in [-0.05, 0) is 48.4 Å². The lowest BCUT2D eigenvalue weighted by molar-refractivity contribution is 0.0940. The molecular weight excluding hydrogens is 382 g/mol. The van der Waals surface area contributed by atoms with Crippen LogP contribution in [0.5, 0.6) is 0 Å². The van der Waals surface area contributed by atoms with Crippen molar-refractivity contribution < 1.29 is 4.79 Å². The van der Waals surface area contributed by atoms with Crippen molar-refractivity contribution in [3.8, 4) is 22.5 Å². The summed E-state index contributed by atoms with van der Waals surface area (Å²) < 4.78 is 0. The zero-order chi connectivity index (χ0) is 20.2. The molecule has 4 aromatic rings. The number of nitrogens with zero attached hydrogens (tertiary/aromatic N) is 1. The maximum Gasteiger partial charge on any atom is 0.251 e. The molecule has 4 rings (SSSR count). The molecular formula is C24H20ClN3O. The van der Waals surface area contributed by atoms with Crippen LogP contribution in [0.4, 0.5) is 0 Å². The van der Waals surface area contributed by atoms with Gasteiger partial charge in [0.05, 0.1) is 17.4 Å². The molecule has 0 spiro atoms. The Labute approximate surface area is 174 Å². The molecule has 1 heterocycles. The summed E-state index contributed by atoms with van der Waals surface area (Å²) in [6.45, 7) is 1.98. The van der Waals surface area contributed by atoms with Gasteiger partial charge in [0.2, 0.25) is 0 Å². The van der Waals surface area contributed by atoms with Crippen molar-refractivity contribution in [2.75, 3.05) is 0 Å². The van der Waals surface area contributed by atoms with Gasteiger partial charge in [-0.15, -0.1) is 0 Å². The van der Waals surface area contributed by atoms with Gasteiger partial charge in [-0.25, -0.2) is 0 Å². The molecule has 0 aliphatic heterocycles. The first-order chi connectivity index (χ1) is 14.1. The third-order valence-electron chi connectivity index (χ3n) is 4.82. The average molecular weight is 402 g/mol. The number of H-pyrrole nitrogens is 1. The highest BCUT2D eigenvalue weighted by Crippen LogP contribution is 2.25. The number of nitrogens with one attached hydrogen (secondary N) is 2. The third-order valence-corrected chi connectivity index (χ3v) is 5.08. The van der Waals surface area contributed by atoms with E-state index in [9.17, 15) is 4.79 Å². The fourth-order valence-electron chi connectivity index (χ4n) is 3.14. The SMILES string of the molecule is C[C@@H](NC(=O)c1ccc(-c2cc(-c3ccc(Cl)cc3)[nH]n2)cc1)c1ccccc1. The minimum atomic E-state index is -0.100. The zero-order valence-electron chi connectivity index (χ0n) is 15.9. The topological polar surface area (TPSA) is 57.8 Å². The summed E-state index contributed by atoms with van der Waals surface area (Å²) in [7, 11) is 0. The fourth-order valence-corrected chi connectivity index (χ4v) is 3.27. The summed E-state index contributed by atoms with van der Waals surface area (Å²) in [5, 5.41) is 11.2. The number of aromatic nitrogens is 2. The van der Waals surface area contributed by atoms with Crippen LogP contribution >= 0.6 is 11.6 Å². The Bertz CT molecular complexity index is 1100. The van der Waals surface area contributed by atoms with E-state index < -0.39 is 0 Å². The van der Waals surface area contributed by atoms with Crippen LogP contribution in [0.3, 0.4) is 0 Å². The van der Waals surface area contributed by atoms with Gasteiger partial charge in [0.1, 0.15) is 0 Å². The van der Waals surface area contributed by atoms with Crippen LogP contribution in [-0.2, 0) is 0 Å². The molecule has 5 heteroatoms. The van der Waals surface area contributed by atoms with E-state index in [1.165, 1.54) is 0 Å². The van der Waals surface area contributed by atoms with Crippen LogP contribution in [-0.4, -0.2) is 16.1 Å². The molecule has 144 valence electrons. The van der Waals surface area contributed by atoms with Gasteiger partial charge < -0.3 is 5.32 Å². The number of amides is 1. The molecule has 0 saturated heterocycles. The molecule has 0 fully saturated rings. The maximum absolute atomic E-state index is 12.5. The predicted octanol–water partition coefficient (Wildman–Crippen LogP) is 5.89. The van der Waals surface area contributed by atoms with E-state index in [0.717, 1.165) is 28.1 Å². The maximum atomic E-state index is 12.5. The summed E-state index contributed by atoms with van der Waals surface area (Å²) >= 11 is 5.95. The Balaban J connectivity index is 1.46. The standard InChI is InChI=1S/C24H20ClN3O/c1-16(17-5-3-2-4-6-17)26-24(29)20-9-7-18(8-10-20)22-15-23(28-27-22)19-11-13-21(25)14-12-19/h2-16H,1H3,(H,26,29)(H,27,28)/t16-/m1/s1. The molecule has 0 aliphatic rings. The lowest BCUT2D eigenvalue weighted by Gasteiger charge is -2.14. The van der Waals surface area contributed by atoms with Crippen LogP contribution < -0.4 is 5.32 Å². The van der Waals surface area contributed by atoms with Crippen molar-refractivity contribution in [1.82, 2.24) is 15.5 Å². The highest BCUT2D eigenvalue weighted by atomic mass is 35.5. The normalized spacial score (nSPS) is 11.8. The van der Waals surface area contributed by atoms with Crippen molar-refractivity contribution in [1.29, 1.82) is 0 Å². The Hall–Kier alpha value is -3.37. The number of rotatable bonds is 5. The van der Waals surface area contributed by atoms with E-state index in [2.05, 4.69) is 15.5 Å². The Morgan fingerprint density at radius 1 is 0.931 bits per heavy atom. The number of halogens is 1. The molecule has 4 nitrogen and oxygen atoms in total. The second-order valence-electron chi connectivity index (χ2n) is 6.86. The van der Waals surface area contributed by atoms with Crippen molar-refractivity contribution in [3.63, 3.8) is 0 Å². The molecule has 0 aliphatic carbocycles. The molecule has 0 radical (unpaired) electrons. The molecule has 1 atom stereocenters. The average Bonchev–Trinajstić information content (AvgIpc) is 3.25. The summed E-state index contributed by atoms with van der Waals surface area (Å²) in [6.07, 6.45) is 0. The minimum Gasteiger partial charge on any atom is -0.346 e. The third kappa shape index (κ3) is 4.39. The first-order valence-electron chi connectivity index (χ1n) is 9.38. The van der Waals surface area contributed by atoms with E-state index in [-0.39, 0.29) is 11.9 Å². The molecule has 2 N–H and O–H groups in total. The first-order valence-corrected chi connectivity index (χ1v) is 9.75. The van der Waals surface area contributed by atoms with E-state index in [1.54, 1.807) is 0 Å². The van der Waals surface area contributed by atoms with Gasteiger partial charge in [0, 0.05) is 16.1 Å². The van der Waals surface area contributed by atoms with Gasteiger partial charge in [0.25, 0.3) is 5.91 Å². The molecule has 1 amide bonds. The number of carbonyl (C=O) groups excluding carboxylic acids is 1. The van der Waals surface area contributed by atoms with Gasteiger partial charge in [-0.1, -0.05) is 66.2 Å². The lowest BCUT2D eigenvalue weighted by atomic mass is 10.1. The molecule has 29 heavy (non-hydrogen) atoms. The second-order valence-corrected chi connectivity index (χ2v) is 7.29. The first kappa shape index (κ1) is 19.0. The van der Waals surface area contributed by atoms with Crippen LogP contribution in [0.25, 0.3) is 22.5 Å². The molecule has 3 aromatic carbocycles. The minimum absolute atomic E-state index is 0.0587. The number of hydrogen-bond acceptors (Lipinski definition) is 2. The van der Waals surface area contributed by atoms with E-state index >= 15 is 0 Å². The van der Waals surface area contributed by atoms with Crippen molar-refractivity contribution in [3.05, 3.63) is 101 Å². The second kappa shape index (κ2) is 8.33. The number of hydrogen-bond donors (Lipinski definition) is 2. The van der Waals surface area contributed by atoms with Gasteiger partial charge in [-0.3, -0.25) is 9.89 Å². The predicted molar refractivity (Wildman–Crippen MR) is 117 cm³/mol. The Kier molecular flexibility index (Phi) is 5.45. The van der Waals surface area contributed by atoms with Gasteiger partial charge in [-0.2, -0.15) is 5.10 Å². The van der Waals surface area contributed by atoms with Crippen LogP contribution in [0.15, 0.2) is 84.9 Å². The van der Waals surface area contributed by atoms with Crippen molar-refractivity contribution >= 4 is 17.5 Å². The van der Waals surface area contributed by atoms with Crippen molar-refractivity contribution in [2.24, 2.45) is 0 Å². The van der Waals surface area contributed by atoms with Crippen LogP contribution in [0, 0.1) is 0 Å². The molecule has 0 saturated carbocycles. The largest absolute Gasteiger partial charge is 0.346 e.